The highest BCUT2D eigenvalue weighted by atomic mass is 16.6. The maximum Gasteiger partial charge on any atom is 0.307 e. The van der Waals surface area contributed by atoms with E-state index in [9.17, 15) is 14.7 Å². The third-order valence-electron chi connectivity index (χ3n) is 14.5. The number of esters is 1. The van der Waals surface area contributed by atoms with Crippen LogP contribution in [0.4, 0.5) is 0 Å². The molecule has 0 aromatic heterocycles. The summed E-state index contributed by atoms with van der Waals surface area (Å²) in [6, 6.07) is 0. The fraction of sp³-hybridized carbons (Fsp3) is 0.872. The van der Waals surface area contributed by atoms with Gasteiger partial charge in [0.1, 0.15) is 12.2 Å². The molecule has 3 saturated carbocycles. The predicted molar refractivity (Wildman–Crippen MR) is 188 cm³/mol. The van der Waals surface area contributed by atoms with Gasteiger partial charge in [-0.05, 0) is 99.2 Å². The molecule has 48 heavy (non-hydrogen) atoms. The molecule has 9 heteroatoms. The molecule has 11 atom stereocenters. The summed E-state index contributed by atoms with van der Waals surface area (Å²) in [5, 5.41) is 14.1. The summed E-state index contributed by atoms with van der Waals surface area (Å²) in [6.07, 6.45) is 7.04. The molecule has 4 aliphatic carbocycles. The van der Waals surface area contributed by atoms with Crippen molar-refractivity contribution in [2.75, 3.05) is 26.4 Å². The number of carboxylic acid groups (broad SMARTS) is 1. The summed E-state index contributed by atoms with van der Waals surface area (Å²) in [5.41, 5.74) is 5.78. The summed E-state index contributed by atoms with van der Waals surface area (Å²) >= 11 is 0. The van der Waals surface area contributed by atoms with Crippen molar-refractivity contribution in [3.05, 3.63) is 11.6 Å². The van der Waals surface area contributed by atoms with Gasteiger partial charge in [0.2, 0.25) is 0 Å². The van der Waals surface area contributed by atoms with Crippen LogP contribution in [-0.4, -0.2) is 67.1 Å². The van der Waals surface area contributed by atoms with E-state index in [2.05, 4.69) is 64.9 Å². The number of carbonyl (C=O) groups is 2. The third-order valence-corrected chi connectivity index (χ3v) is 14.5. The molecule has 5 aliphatic rings. The Hall–Kier alpha value is -2.13. The van der Waals surface area contributed by atoms with Crippen LogP contribution in [0.25, 0.3) is 0 Å². The summed E-state index contributed by atoms with van der Waals surface area (Å²) in [5.74, 6) is 0.258. The molecule has 0 unspecified atom stereocenters. The quantitative estimate of drug-likeness (QED) is 0.0866. The highest BCUT2D eigenvalue weighted by Crippen LogP contribution is 2.75. The van der Waals surface area contributed by atoms with Gasteiger partial charge in [-0.3, -0.25) is 9.59 Å². The van der Waals surface area contributed by atoms with E-state index < -0.39 is 18.0 Å². The molecule has 5 rings (SSSR count). The molecule has 1 heterocycles. The summed E-state index contributed by atoms with van der Waals surface area (Å²) in [4.78, 5) is 30.4. The first-order chi connectivity index (χ1) is 22.2. The second kappa shape index (κ2) is 12.6. The first kappa shape index (κ1) is 37.1. The first-order valence-corrected chi connectivity index (χ1v) is 18.6. The Morgan fingerprint density at radius 1 is 1.10 bits per heavy atom. The van der Waals surface area contributed by atoms with Gasteiger partial charge in [0.25, 0.3) is 0 Å². The summed E-state index contributed by atoms with van der Waals surface area (Å²) < 4.78 is 19.4. The van der Waals surface area contributed by atoms with Crippen LogP contribution in [0.3, 0.4) is 0 Å². The van der Waals surface area contributed by atoms with Crippen molar-refractivity contribution in [2.24, 2.45) is 67.4 Å². The number of carboxylic acids is 1. The molecule has 9 nitrogen and oxygen atoms in total. The zero-order chi connectivity index (χ0) is 35.7. The molecular weight excluding hydrogens is 606 g/mol. The van der Waals surface area contributed by atoms with Crippen molar-refractivity contribution in [1.29, 1.82) is 0 Å². The van der Waals surface area contributed by atoms with Crippen molar-refractivity contribution in [2.45, 2.75) is 132 Å². The standard InChI is InChI=1S/C39H65N3O6/c1-23(2)24(3)35(8)16-17-37(10)26-12-13-29-36(9)21-46-22-39(29,27(26)14-15-38(37,11)30(35)32(44)45)20-28(48-25(4)43)31(36)47-19-18-41-33(40)42-34(5,6)7/h14,23-24,26,28-31H,12-13,15-22H2,1-11H3,(H,44,45)(H3,40,41,42)/t24-,26+,28-,29+,30-,31+,35-,36-,37-,38+,39+/m1/s1. The van der Waals surface area contributed by atoms with Gasteiger partial charge in [-0.25, -0.2) is 4.99 Å². The molecule has 0 spiro atoms. The zero-order valence-electron chi connectivity index (χ0n) is 31.7. The lowest BCUT2D eigenvalue weighted by atomic mass is 9.34. The van der Waals surface area contributed by atoms with Crippen LogP contribution in [0, 0.1) is 56.7 Å². The van der Waals surface area contributed by atoms with Crippen LogP contribution in [0.1, 0.15) is 115 Å². The van der Waals surface area contributed by atoms with Gasteiger partial charge in [0.05, 0.1) is 31.3 Å². The normalized spacial score (nSPS) is 43.3. The molecule has 4 N–H and O–H groups in total. The van der Waals surface area contributed by atoms with Crippen LogP contribution in [0.5, 0.6) is 0 Å². The highest BCUT2D eigenvalue weighted by molar-refractivity contribution is 5.78. The van der Waals surface area contributed by atoms with Crippen LogP contribution >= 0.6 is 0 Å². The maximum absolute atomic E-state index is 13.4. The van der Waals surface area contributed by atoms with Gasteiger partial charge in [-0.2, -0.15) is 0 Å². The first-order valence-electron chi connectivity index (χ1n) is 18.6. The van der Waals surface area contributed by atoms with Gasteiger partial charge in [-0.1, -0.05) is 60.1 Å². The lowest BCUT2D eigenvalue weighted by molar-refractivity contribution is -0.266. The Bertz CT molecular complexity index is 1320. The predicted octanol–water partition coefficient (Wildman–Crippen LogP) is 6.59. The molecule has 1 aliphatic heterocycles. The average Bonchev–Trinajstić information content (AvgIpc) is 2.95. The number of hydrogen-bond donors (Lipinski definition) is 3. The number of guanidine groups is 1. The number of nitrogens with two attached hydrogens (primary N) is 1. The minimum atomic E-state index is -0.649. The van der Waals surface area contributed by atoms with E-state index in [1.54, 1.807) is 0 Å². The van der Waals surface area contributed by atoms with Crippen LogP contribution in [0.2, 0.25) is 0 Å². The Balaban J connectivity index is 1.49. The molecule has 0 amide bonds. The minimum Gasteiger partial charge on any atom is -0.481 e. The van der Waals surface area contributed by atoms with Gasteiger partial charge in [0, 0.05) is 24.3 Å². The fourth-order valence-electron chi connectivity index (χ4n) is 12.0. The van der Waals surface area contributed by atoms with E-state index in [0.717, 1.165) is 32.1 Å². The van der Waals surface area contributed by atoms with E-state index in [0.29, 0.717) is 56.5 Å². The van der Waals surface area contributed by atoms with Gasteiger partial charge >= 0.3 is 11.9 Å². The number of hydrogen-bond acceptors (Lipinski definition) is 6. The molecule has 0 radical (unpaired) electrons. The maximum atomic E-state index is 13.4. The van der Waals surface area contributed by atoms with E-state index in [1.807, 2.05) is 20.8 Å². The number of aliphatic carboxylic acids is 1. The van der Waals surface area contributed by atoms with Crippen LogP contribution in [0.15, 0.2) is 16.6 Å². The van der Waals surface area contributed by atoms with E-state index in [1.165, 1.54) is 12.5 Å². The van der Waals surface area contributed by atoms with Crippen molar-refractivity contribution < 1.29 is 28.9 Å². The number of fused-ring (bicyclic) bond motifs is 3. The number of nitrogens with one attached hydrogen (secondary N) is 1. The van der Waals surface area contributed by atoms with Crippen LogP contribution < -0.4 is 11.1 Å². The summed E-state index contributed by atoms with van der Waals surface area (Å²) in [7, 11) is 0. The lowest BCUT2D eigenvalue weighted by Gasteiger charge is -2.71. The second-order valence-corrected chi connectivity index (χ2v) is 18.6. The van der Waals surface area contributed by atoms with E-state index in [-0.39, 0.29) is 50.6 Å². The van der Waals surface area contributed by atoms with Crippen molar-refractivity contribution in [3.8, 4) is 0 Å². The molecule has 272 valence electrons. The minimum absolute atomic E-state index is 0.172. The molecule has 4 fully saturated rings. The Morgan fingerprint density at radius 2 is 1.79 bits per heavy atom. The number of aliphatic imine (C=N–C) groups is 1. The number of nitrogens with zero attached hydrogens (tertiary/aromatic N) is 1. The molecule has 0 aromatic rings. The zero-order valence-corrected chi connectivity index (χ0v) is 31.7. The van der Waals surface area contributed by atoms with Crippen LogP contribution in [-0.2, 0) is 23.8 Å². The van der Waals surface area contributed by atoms with Gasteiger partial charge < -0.3 is 30.4 Å². The topological polar surface area (TPSA) is 132 Å². The van der Waals surface area contributed by atoms with Crippen molar-refractivity contribution >= 4 is 17.9 Å². The molecule has 1 saturated heterocycles. The van der Waals surface area contributed by atoms with Gasteiger partial charge in [0.15, 0.2) is 5.96 Å². The number of ether oxygens (including phenoxy) is 3. The number of carbonyl (C=O) groups excluding carboxylic acids is 1. The highest BCUT2D eigenvalue weighted by Gasteiger charge is 2.72. The third kappa shape index (κ3) is 5.80. The van der Waals surface area contributed by atoms with Crippen molar-refractivity contribution in [3.63, 3.8) is 0 Å². The Morgan fingerprint density at radius 3 is 2.40 bits per heavy atom. The van der Waals surface area contributed by atoms with E-state index >= 15 is 0 Å². The number of rotatable bonds is 8. The largest absolute Gasteiger partial charge is 0.481 e. The SMILES string of the molecule is CC(=O)O[C@@H]1C[C@@]23COC[C@](C)([C@@H]2CC[C@H]2C3=CC[C@@]3(C)[C@H](C(=O)O)[C@@](C)([C@H](C)C(C)C)CC[C@]23C)[C@H]1OCCNC(N)=NC(C)(C)C. The molecule has 2 bridgehead atoms. The fourth-order valence-corrected chi connectivity index (χ4v) is 12.0. The lowest BCUT2D eigenvalue weighted by Crippen LogP contribution is -2.70. The molecule has 0 aromatic carbocycles. The van der Waals surface area contributed by atoms with Gasteiger partial charge in [-0.15, -0.1) is 0 Å². The smallest absolute Gasteiger partial charge is 0.307 e. The second-order valence-electron chi connectivity index (χ2n) is 18.6. The monoisotopic (exact) mass is 671 g/mol. The number of allylic oxidation sites excluding steroid dienone is 1. The molecular formula is C39H65N3O6. The summed E-state index contributed by atoms with van der Waals surface area (Å²) in [6.45, 7) is 25.5. The Kier molecular flexibility index (Phi) is 9.73. The Labute approximate surface area is 289 Å². The van der Waals surface area contributed by atoms with E-state index in [4.69, 9.17) is 19.9 Å². The van der Waals surface area contributed by atoms with Crippen molar-refractivity contribution in [1.82, 2.24) is 5.32 Å². The average molecular weight is 672 g/mol.